The van der Waals surface area contributed by atoms with Gasteiger partial charge in [0.2, 0.25) is 0 Å². The van der Waals surface area contributed by atoms with Crippen molar-refractivity contribution in [1.82, 2.24) is 9.80 Å². The van der Waals surface area contributed by atoms with Gasteiger partial charge in [-0.05, 0) is 38.6 Å². The molecule has 1 aliphatic rings. The van der Waals surface area contributed by atoms with E-state index < -0.39 is 0 Å². The van der Waals surface area contributed by atoms with E-state index in [1.165, 1.54) is 12.1 Å². The normalized spacial score (nSPS) is 19.8. The fraction of sp³-hybridized carbons (Fsp3) is 0.600. The first-order chi connectivity index (χ1) is 8.63. The predicted octanol–water partition coefficient (Wildman–Crippen LogP) is 2.34. The van der Waals surface area contributed by atoms with Gasteiger partial charge in [0, 0.05) is 37.6 Å². The number of rotatable bonds is 5. The average Bonchev–Trinajstić information content (AvgIpc) is 2.34. The molecule has 0 bridgehead atoms. The topological polar surface area (TPSA) is 32.5 Å². The molecule has 102 valence electrons. The lowest BCUT2D eigenvalue weighted by Crippen LogP contribution is -2.43. The van der Waals surface area contributed by atoms with Crippen LogP contribution in [0, 0.1) is 0 Å². The predicted molar refractivity (Wildman–Crippen MR) is 79.1 cm³/mol. The highest BCUT2D eigenvalue weighted by Gasteiger charge is 2.14. The first-order valence-corrected chi connectivity index (χ1v) is 6.87. The van der Waals surface area contributed by atoms with Gasteiger partial charge in [-0.3, -0.25) is 0 Å². The zero-order valence-electron chi connectivity index (χ0n) is 12.0. The Kier molecular flexibility index (Phi) is 6.58. The van der Waals surface area contributed by atoms with Crippen molar-refractivity contribution in [3.05, 3.63) is 35.7 Å². The van der Waals surface area contributed by atoms with Crippen LogP contribution < -0.4 is 5.73 Å². The number of allylic oxidation sites excluding steroid dienone is 5. The van der Waals surface area contributed by atoms with Crippen LogP contribution in [0.3, 0.4) is 0 Å². The SMILES string of the molecule is CCC/C=C/C(=C\C=C(/C)N)N1CCN(C)CC1. The van der Waals surface area contributed by atoms with Crippen LogP contribution in [0.15, 0.2) is 35.7 Å². The minimum Gasteiger partial charge on any atom is -0.402 e. The van der Waals surface area contributed by atoms with E-state index in [-0.39, 0.29) is 0 Å². The molecule has 1 heterocycles. The summed E-state index contributed by atoms with van der Waals surface area (Å²) in [4.78, 5) is 4.81. The molecule has 2 N–H and O–H groups in total. The fourth-order valence-electron chi connectivity index (χ4n) is 1.92. The summed E-state index contributed by atoms with van der Waals surface area (Å²) in [6, 6.07) is 0. The molecule has 0 saturated carbocycles. The molecule has 0 aromatic heterocycles. The largest absolute Gasteiger partial charge is 0.402 e. The van der Waals surface area contributed by atoms with E-state index in [0.29, 0.717) is 0 Å². The van der Waals surface area contributed by atoms with E-state index in [9.17, 15) is 0 Å². The number of nitrogens with zero attached hydrogens (tertiary/aromatic N) is 2. The highest BCUT2D eigenvalue weighted by Crippen LogP contribution is 2.11. The fourth-order valence-corrected chi connectivity index (χ4v) is 1.92. The molecule has 3 nitrogen and oxygen atoms in total. The summed E-state index contributed by atoms with van der Waals surface area (Å²) in [5.74, 6) is 0. The summed E-state index contributed by atoms with van der Waals surface area (Å²) < 4.78 is 0. The quantitative estimate of drug-likeness (QED) is 0.759. The van der Waals surface area contributed by atoms with Crippen LogP contribution >= 0.6 is 0 Å². The van der Waals surface area contributed by atoms with Crippen molar-refractivity contribution in [1.29, 1.82) is 0 Å². The molecule has 18 heavy (non-hydrogen) atoms. The van der Waals surface area contributed by atoms with Crippen molar-refractivity contribution in [2.24, 2.45) is 5.73 Å². The maximum atomic E-state index is 5.71. The average molecular weight is 249 g/mol. The second-order valence-electron chi connectivity index (χ2n) is 4.98. The summed E-state index contributed by atoms with van der Waals surface area (Å²) in [6.07, 6.45) is 10.9. The molecule has 0 atom stereocenters. The molecule has 1 fully saturated rings. The summed E-state index contributed by atoms with van der Waals surface area (Å²) in [5.41, 5.74) is 7.84. The standard InChI is InChI=1S/C15H27N3/c1-4-5-6-7-15(9-8-14(2)16)18-12-10-17(3)11-13-18/h6-9H,4-5,10-13,16H2,1-3H3/b7-6+,14-8+,15-9+. The summed E-state index contributed by atoms with van der Waals surface area (Å²) in [6.45, 7) is 8.57. The van der Waals surface area contributed by atoms with Gasteiger partial charge in [-0.15, -0.1) is 0 Å². The van der Waals surface area contributed by atoms with Gasteiger partial charge in [0.25, 0.3) is 0 Å². The number of hydrogen-bond acceptors (Lipinski definition) is 3. The molecule has 0 unspecified atom stereocenters. The number of piperazine rings is 1. The second-order valence-corrected chi connectivity index (χ2v) is 4.98. The Morgan fingerprint density at radius 3 is 2.39 bits per heavy atom. The molecular formula is C15H27N3. The van der Waals surface area contributed by atoms with Crippen molar-refractivity contribution >= 4 is 0 Å². The molecule has 0 aromatic rings. The van der Waals surface area contributed by atoms with Crippen LogP contribution in [0.25, 0.3) is 0 Å². The monoisotopic (exact) mass is 249 g/mol. The number of hydrogen-bond donors (Lipinski definition) is 1. The molecule has 0 amide bonds. The smallest absolute Gasteiger partial charge is 0.0364 e. The van der Waals surface area contributed by atoms with E-state index in [1.54, 1.807) is 0 Å². The van der Waals surface area contributed by atoms with Gasteiger partial charge in [-0.25, -0.2) is 0 Å². The van der Waals surface area contributed by atoms with Gasteiger partial charge in [0.1, 0.15) is 0 Å². The van der Waals surface area contributed by atoms with Crippen molar-refractivity contribution < 1.29 is 0 Å². The van der Waals surface area contributed by atoms with E-state index in [0.717, 1.165) is 38.3 Å². The summed E-state index contributed by atoms with van der Waals surface area (Å²) in [5, 5.41) is 0. The minimum atomic E-state index is 0.852. The van der Waals surface area contributed by atoms with Gasteiger partial charge in [-0.1, -0.05) is 19.4 Å². The third-order valence-corrected chi connectivity index (χ3v) is 3.13. The highest BCUT2D eigenvalue weighted by molar-refractivity contribution is 5.24. The van der Waals surface area contributed by atoms with E-state index >= 15 is 0 Å². The Hall–Kier alpha value is -1.22. The Morgan fingerprint density at radius 2 is 1.83 bits per heavy atom. The maximum Gasteiger partial charge on any atom is 0.0364 e. The van der Waals surface area contributed by atoms with E-state index in [4.69, 9.17) is 5.73 Å². The molecule has 0 radical (unpaired) electrons. The van der Waals surface area contributed by atoms with Crippen molar-refractivity contribution in [3.8, 4) is 0 Å². The van der Waals surface area contributed by atoms with Gasteiger partial charge < -0.3 is 15.5 Å². The van der Waals surface area contributed by atoms with Crippen LogP contribution in [0.2, 0.25) is 0 Å². The van der Waals surface area contributed by atoms with Crippen molar-refractivity contribution in [2.75, 3.05) is 33.2 Å². The van der Waals surface area contributed by atoms with Crippen LogP contribution in [0.4, 0.5) is 0 Å². The molecule has 0 aliphatic carbocycles. The molecular weight excluding hydrogens is 222 g/mol. The lowest BCUT2D eigenvalue weighted by molar-refractivity contribution is 0.190. The lowest BCUT2D eigenvalue weighted by atomic mass is 10.2. The minimum absolute atomic E-state index is 0.852. The van der Waals surface area contributed by atoms with Crippen molar-refractivity contribution in [3.63, 3.8) is 0 Å². The number of nitrogens with two attached hydrogens (primary N) is 1. The Bertz CT molecular complexity index is 317. The molecule has 1 rings (SSSR count). The maximum absolute atomic E-state index is 5.71. The molecule has 3 heteroatoms. The third kappa shape index (κ3) is 5.41. The summed E-state index contributed by atoms with van der Waals surface area (Å²) in [7, 11) is 2.18. The van der Waals surface area contributed by atoms with Crippen LogP contribution in [-0.2, 0) is 0 Å². The van der Waals surface area contributed by atoms with Gasteiger partial charge >= 0.3 is 0 Å². The van der Waals surface area contributed by atoms with Gasteiger partial charge in [0.15, 0.2) is 0 Å². The first-order valence-electron chi connectivity index (χ1n) is 6.87. The Balaban J connectivity index is 2.70. The van der Waals surface area contributed by atoms with Crippen LogP contribution in [0.1, 0.15) is 26.7 Å². The van der Waals surface area contributed by atoms with Crippen LogP contribution in [0.5, 0.6) is 0 Å². The highest BCUT2D eigenvalue weighted by atomic mass is 15.2. The van der Waals surface area contributed by atoms with Crippen LogP contribution in [-0.4, -0.2) is 43.0 Å². The molecule has 0 spiro atoms. The third-order valence-electron chi connectivity index (χ3n) is 3.13. The Labute approximate surface area is 112 Å². The number of likely N-dealkylation sites (N-methyl/N-ethyl adjacent to an activating group) is 1. The first kappa shape index (κ1) is 14.8. The molecule has 1 aliphatic heterocycles. The second kappa shape index (κ2) is 7.98. The zero-order chi connectivity index (χ0) is 13.4. The van der Waals surface area contributed by atoms with E-state index in [1.807, 2.05) is 13.0 Å². The van der Waals surface area contributed by atoms with Gasteiger partial charge in [0.05, 0.1) is 0 Å². The van der Waals surface area contributed by atoms with Gasteiger partial charge in [-0.2, -0.15) is 0 Å². The van der Waals surface area contributed by atoms with Crippen molar-refractivity contribution in [2.45, 2.75) is 26.7 Å². The summed E-state index contributed by atoms with van der Waals surface area (Å²) >= 11 is 0. The Morgan fingerprint density at radius 1 is 1.17 bits per heavy atom. The lowest BCUT2D eigenvalue weighted by Gasteiger charge is -2.34. The molecule has 0 aromatic carbocycles. The molecule has 1 saturated heterocycles. The number of unbranched alkanes of at least 4 members (excludes halogenated alkanes) is 1. The zero-order valence-corrected chi connectivity index (χ0v) is 12.0. The van der Waals surface area contributed by atoms with E-state index in [2.05, 4.69) is 42.0 Å².